The second-order valence-corrected chi connectivity index (χ2v) is 4.55. The normalized spacial score (nSPS) is 11.4. The molecule has 114 valence electrons. The van der Waals surface area contributed by atoms with Crippen molar-refractivity contribution in [2.75, 3.05) is 14.2 Å². The van der Waals surface area contributed by atoms with Gasteiger partial charge in [0.2, 0.25) is 0 Å². The van der Waals surface area contributed by atoms with Crippen LogP contribution in [0.3, 0.4) is 0 Å². The highest BCUT2D eigenvalue weighted by molar-refractivity contribution is 6.33. The molecule has 0 aliphatic heterocycles. The first-order chi connectivity index (χ1) is 9.99. The molecule has 0 unspecified atom stereocenters. The first kappa shape index (κ1) is 17.0. The predicted molar refractivity (Wildman–Crippen MR) is 76.0 cm³/mol. The Kier molecular flexibility index (Phi) is 6.68. The number of benzene rings is 1. The maximum Gasteiger partial charge on any atom is 0.328 e. The molecule has 0 bridgehead atoms. The fraction of sp³-hybridized carbons (Fsp3) is 0.357. The molecule has 0 aliphatic carbocycles. The lowest BCUT2D eigenvalue weighted by Crippen LogP contribution is -2.42. The van der Waals surface area contributed by atoms with Crippen molar-refractivity contribution < 1.29 is 23.9 Å². The molecule has 0 saturated heterocycles. The maximum absolute atomic E-state index is 12.1. The fourth-order valence-corrected chi connectivity index (χ4v) is 1.86. The summed E-state index contributed by atoms with van der Waals surface area (Å²) in [7, 11) is 2.45. The Hall–Kier alpha value is -2.08. The summed E-state index contributed by atoms with van der Waals surface area (Å²) >= 11 is 5.91. The van der Waals surface area contributed by atoms with Crippen LogP contribution in [0.15, 0.2) is 24.3 Å². The van der Waals surface area contributed by atoms with E-state index in [1.165, 1.54) is 20.3 Å². The van der Waals surface area contributed by atoms with E-state index in [1.807, 2.05) is 0 Å². The number of hydrogen-bond acceptors (Lipinski definition) is 5. The molecule has 0 radical (unpaired) electrons. The average Bonchev–Trinajstić information content (AvgIpc) is 2.50. The molecule has 0 saturated carbocycles. The van der Waals surface area contributed by atoms with Gasteiger partial charge in [-0.2, -0.15) is 0 Å². The molecule has 0 spiro atoms. The number of methoxy groups -OCH3 is 2. The van der Waals surface area contributed by atoms with Gasteiger partial charge in [-0.15, -0.1) is 0 Å². The summed E-state index contributed by atoms with van der Waals surface area (Å²) in [5.41, 5.74) is 0.242. The molecule has 1 aromatic rings. The number of carbonyl (C=O) groups is 3. The van der Waals surface area contributed by atoms with Crippen molar-refractivity contribution in [2.24, 2.45) is 0 Å². The molecule has 0 heterocycles. The Morgan fingerprint density at radius 3 is 2.43 bits per heavy atom. The fourth-order valence-electron chi connectivity index (χ4n) is 1.64. The second kappa shape index (κ2) is 8.26. The molecule has 0 aromatic heterocycles. The van der Waals surface area contributed by atoms with E-state index in [4.69, 9.17) is 11.6 Å². The van der Waals surface area contributed by atoms with E-state index in [1.54, 1.807) is 18.2 Å². The lowest BCUT2D eigenvalue weighted by Gasteiger charge is -2.16. The van der Waals surface area contributed by atoms with Gasteiger partial charge in [0.1, 0.15) is 6.04 Å². The van der Waals surface area contributed by atoms with Crippen LogP contribution in [-0.4, -0.2) is 38.1 Å². The summed E-state index contributed by atoms with van der Waals surface area (Å²) in [6.45, 7) is 0. The third kappa shape index (κ3) is 5.07. The van der Waals surface area contributed by atoms with E-state index in [2.05, 4.69) is 14.8 Å². The van der Waals surface area contributed by atoms with Gasteiger partial charge in [0, 0.05) is 6.42 Å². The van der Waals surface area contributed by atoms with E-state index in [9.17, 15) is 14.4 Å². The van der Waals surface area contributed by atoms with Gasteiger partial charge in [-0.25, -0.2) is 4.79 Å². The molecule has 1 aromatic carbocycles. The maximum atomic E-state index is 12.1. The van der Waals surface area contributed by atoms with Crippen LogP contribution in [-0.2, 0) is 19.1 Å². The van der Waals surface area contributed by atoms with Crippen LogP contribution in [0.5, 0.6) is 0 Å². The van der Waals surface area contributed by atoms with Gasteiger partial charge in [-0.3, -0.25) is 9.59 Å². The largest absolute Gasteiger partial charge is 0.469 e. The van der Waals surface area contributed by atoms with Crippen molar-refractivity contribution in [1.29, 1.82) is 0 Å². The number of ether oxygens (including phenoxy) is 2. The minimum Gasteiger partial charge on any atom is -0.469 e. The highest BCUT2D eigenvalue weighted by Crippen LogP contribution is 2.15. The number of nitrogens with one attached hydrogen (secondary N) is 1. The molecule has 7 heteroatoms. The van der Waals surface area contributed by atoms with Crippen molar-refractivity contribution in [3.8, 4) is 0 Å². The van der Waals surface area contributed by atoms with E-state index < -0.39 is 23.9 Å². The Morgan fingerprint density at radius 1 is 1.19 bits per heavy atom. The Labute approximate surface area is 127 Å². The van der Waals surface area contributed by atoms with Gasteiger partial charge in [0.15, 0.2) is 0 Å². The van der Waals surface area contributed by atoms with Crippen LogP contribution in [0, 0.1) is 0 Å². The summed E-state index contributed by atoms with van der Waals surface area (Å²) in [4.78, 5) is 34.9. The van der Waals surface area contributed by atoms with Crippen LogP contribution in [0.4, 0.5) is 0 Å². The Bertz CT molecular complexity index is 532. The number of amides is 1. The van der Waals surface area contributed by atoms with Crippen LogP contribution >= 0.6 is 11.6 Å². The molecular formula is C14H16ClNO5. The SMILES string of the molecule is COC(=O)CC[C@H](NC(=O)c1ccccc1Cl)C(=O)OC. The molecule has 0 aliphatic rings. The number of carbonyl (C=O) groups excluding carboxylic acids is 3. The van der Waals surface area contributed by atoms with E-state index in [0.29, 0.717) is 0 Å². The second-order valence-electron chi connectivity index (χ2n) is 4.14. The lowest BCUT2D eigenvalue weighted by molar-refractivity contribution is -0.144. The van der Waals surface area contributed by atoms with E-state index in [0.717, 1.165) is 0 Å². The zero-order valence-corrected chi connectivity index (χ0v) is 12.5. The lowest BCUT2D eigenvalue weighted by atomic mass is 10.1. The summed E-state index contributed by atoms with van der Waals surface area (Å²) in [6.07, 6.45) is 0.0641. The third-order valence-electron chi connectivity index (χ3n) is 2.77. The van der Waals surface area contributed by atoms with Crippen LogP contribution in [0.1, 0.15) is 23.2 Å². The topological polar surface area (TPSA) is 81.7 Å². The molecule has 0 fully saturated rings. The summed E-state index contributed by atoms with van der Waals surface area (Å²) in [6, 6.07) is 5.50. The van der Waals surface area contributed by atoms with Crippen LogP contribution < -0.4 is 5.32 Å². The van der Waals surface area contributed by atoms with Gasteiger partial charge >= 0.3 is 11.9 Å². The molecular weight excluding hydrogens is 298 g/mol. The van der Waals surface area contributed by atoms with E-state index in [-0.39, 0.29) is 23.4 Å². The first-order valence-electron chi connectivity index (χ1n) is 6.19. The predicted octanol–water partition coefficient (Wildman–Crippen LogP) is 1.56. The molecule has 1 atom stereocenters. The molecule has 1 rings (SSSR count). The zero-order chi connectivity index (χ0) is 15.8. The van der Waals surface area contributed by atoms with Crippen molar-refractivity contribution >= 4 is 29.4 Å². The third-order valence-corrected chi connectivity index (χ3v) is 3.10. The van der Waals surface area contributed by atoms with Crippen molar-refractivity contribution in [2.45, 2.75) is 18.9 Å². The molecule has 1 N–H and O–H groups in total. The summed E-state index contributed by atoms with van der Waals surface area (Å²) in [5.74, 6) is -1.63. The number of esters is 2. The zero-order valence-electron chi connectivity index (χ0n) is 11.7. The number of halogens is 1. The quantitative estimate of drug-likeness (QED) is 0.806. The number of hydrogen-bond donors (Lipinski definition) is 1. The Morgan fingerprint density at radius 2 is 1.86 bits per heavy atom. The van der Waals surface area contributed by atoms with Crippen molar-refractivity contribution in [3.05, 3.63) is 34.9 Å². The smallest absolute Gasteiger partial charge is 0.328 e. The monoisotopic (exact) mass is 313 g/mol. The number of rotatable bonds is 6. The average molecular weight is 314 g/mol. The summed E-state index contributed by atoms with van der Waals surface area (Å²) < 4.78 is 9.10. The van der Waals surface area contributed by atoms with Crippen molar-refractivity contribution in [3.63, 3.8) is 0 Å². The van der Waals surface area contributed by atoms with Gasteiger partial charge in [0.05, 0.1) is 24.8 Å². The first-order valence-corrected chi connectivity index (χ1v) is 6.57. The van der Waals surface area contributed by atoms with Crippen LogP contribution in [0.2, 0.25) is 5.02 Å². The van der Waals surface area contributed by atoms with E-state index >= 15 is 0 Å². The van der Waals surface area contributed by atoms with Gasteiger partial charge < -0.3 is 14.8 Å². The summed E-state index contributed by atoms with van der Waals surface area (Å²) in [5, 5.41) is 2.77. The van der Waals surface area contributed by atoms with Crippen molar-refractivity contribution in [1.82, 2.24) is 5.32 Å². The minimum atomic E-state index is -0.946. The molecule has 21 heavy (non-hydrogen) atoms. The highest BCUT2D eigenvalue weighted by atomic mass is 35.5. The molecule has 1 amide bonds. The standard InChI is InChI=1S/C14H16ClNO5/c1-20-12(17)8-7-11(14(19)21-2)16-13(18)9-5-3-4-6-10(9)15/h3-6,11H,7-8H2,1-2H3,(H,16,18)/t11-/m0/s1. The van der Waals surface area contributed by atoms with Gasteiger partial charge in [-0.05, 0) is 18.6 Å². The highest BCUT2D eigenvalue weighted by Gasteiger charge is 2.24. The van der Waals surface area contributed by atoms with Gasteiger partial charge in [-0.1, -0.05) is 23.7 Å². The van der Waals surface area contributed by atoms with Crippen LogP contribution in [0.25, 0.3) is 0 Å². The molecule has 6 nitrogen and oxygen atoms in total. The minimum absolute atomic E-state index is 0.0148. The Balaban J connectivity index is 2.76. The van der Waals surface area contributed by atoms with Gasteiger partial charge in [0.25, 0.3) is 5.91 Å².